The van der Waals surface area contributed by atoms with Gasteiger partial charge in [-0.05, 0) is 147 Å². The average molecular weight is 1270 g/mol. The number of rotatable bonds is 26. The van der Waals surface area contributed by atoms with Crippen molar-refractivity contribution in [2.45, 2.75) is 131 Å². The van der Waals surface area contributed by atoms with Crippen molar-refractivity contribution in [2.75, 3.05) is 26.4 Å². The summed E-state index contributed by atoms with van der Waals surface area (Å²) in [5.41, 5.74) is 3.80. The van der Waals surface area contributed by atoms with Gasteiger partial charge in [0.1, 0.15) is 11.5 Å². The molecule has 0 saturated carbocycles. The van der Waals surface area contributed by atoms with Crippen LogP contribution in [0.4, 0.5) is 0 Å². The van der Waals surface area contributed by atoms with Crippen LogP contribution in [-0.4, -0.2) is 38.4 Å². The number of hydrogen-bond acceptors (Lipinski definition) is 9. The van der Waals surface area contributed by atoms with Crippen molar-refractivity contribution in [3.63, 3.8) is 0 Å². The molecule has 0 aliphatic heterocycles. The molecule has 0 atom stereocenters. The van der Waals surface area contributed by atoms with Crippen LogP contribution in [-0.2, 0) is 61.3 Å². The van der Waals surface area contributed by atoms with Gasteiger partial charge in [0.2, 0.25) is 0 Å². The standard InChI is InChI=1S/2C24H32O3.3C6H6S.2Ru/c2*1-2-3-4-5-10-19-26-23-17-15-22(16-18-23)24(25)27-20-11-9-14-21-12-7-6-8-13-21;3*7-6-4-2-1-3-5-6;;/h2*6-8,12-13,15-18H,2-5,9-11,14,19-20H2,1H3;3*1-5,7H;;/q;;;;;2*+3. The second-order valence-corrected chi connectivity index (χ2v) is 19.3. The van der Waals surface area contributed by atoms with E-state index in [1.165, 1.54) is 62.5 Å². The Labute approximate surface area is 505 Å². The molecule has 0 aliphatic rings. The van der Waals surface area contributed by atoms with Crippen molar-refractivity contribution in [1.29, 1.82) is 0 Å². The first-order valence-electron chi connectivity index (χ1n) is 26.9. The van der Waals surface area contributed by atoms with E-state index < -0.39 is 0 Å². The van der Waals surface area contributed by atoms with Gasteiger partial charge in [-0.15, -0.1) is 37.9 Å². The molecule has 0 saturated heterocycles. The molecule has 7 aromatic rings. The van der Waals surface area contributed by atoms with Gasteiger partial charge in [-0.3, -0.25) is 0 Å². The van der Waals surface area contributed by atoms with E-state index in [1.54, 1.807) is 24.3 Å². The molecule has 77 heavy (non-hydrogen) atoms. The van der Waals surface area contributed by atoms with Crippen LogP contribution in [0.5, 0.6) is 11.5 Å². The zero-order valence-corrected chi connectivity index (χ0v) is 51.4. The van der Waals surface area contributed by atoms with E-state index in [0.29, 0.717) is 24.3 Å². The second kappa shape index (κ2) is 48.5. The zero-order chi connectivity index (χ0) is 53.7. The topological polar surface area (TPSA) is 71.1 Å². The molecule has 0 aromatic heterocycles. The van der Waals surface area contributed by atoms with Gasteiger partial charge in [0, 0.05) is 14.7 Å². The Hall–Kier alpha value is -4.62. The Kier molecular flexibility index (Phi) is 44.3. The molecular formula is C66H82O6Ru2S3+6. The van der Waals surface area contributed by atoms with Crippen LogP contribution in [0, 0.1) is 0 Å². The molecule has 0 N–H and O–H groups in total. The molecule has 0 spiro atoms. The number of hydrogen-bond donors (Lipinski definition) is 3. The first-order valence-corrected chi connectivity index (χ1v) is 28.2. The Balaban J connectivity index is 0.000000547. The van der Waals surface area contributed by atoms with Crippen molar-refractivity contribution >= 4 is 49.8 Å². The third kappa shape index (κ3) is 37.8. The van der Waals surface area contributed by atoms with Crippen LogP contribution in [0.15, 0.2) is 215 Å². The quantitative estimate of drug-likeness (QED) is 0.0217. The van der Waals surface area contributed by atoms with Crippen molar-refractivity contribution in [3.8, 4) is 11.5 Å². The van der Waals surface area contributed by atoms with E-state index in [1.807, 2.05) is 127 Å². The van der Waals surface area contributed by atoms with Crippen molar-refractivity contribution < 1.29 is 67.5 Å². The third-order valence-electron chi connectivity index (χ3n) is 11.4. The van der Waals surface area contributed by atoms with Crippen LogP contribution in [0.25, 0.3) is 0 Å². The largest absolute Gasteiger partial charge is 3.00 e. The summed E-state index contributed by atoms with van der Waals surface area (Å²) in [5.74, 6) is 1.09. The van der Waals surface area contributed by atoms with Crippen LogP contribution in [0.1, 0.15) is 136 Å². The van der Waals surface area contributed by atoms with Gasteiger partial charge in [0.15, 0.2) is 0 Å². The fraction of sp³-hybridized carbons (Fsp3) is 0.333. The van der Waals surface area contributed by atoms with E-state index in [2.05, 4.69) is 100 Å². The van der Waals surface area contributed by atoms with Gasteiger partial charge < -0.3 is 18.9 Å². The molecule has 0 amide bonds. The van der Waals surface area contributed by atoms with Crippen LogP contribution >= 0.6 is 37.9 Å². The summed E-state index contributed by atoms with van der Waals surface area (Å²) in [6.45, 7) is 6.81. The number of carbonyl (C=O) groups is 2. The molecule has 0 fully saturated rings. The van der Waals surface area contributed by atoms with Gasteiger partial charge in [0.25, 0.3) is 0 Å². The number of ether oxygens (including phenoxy) is 4. The van der Waals surface area contributed by atoms with E-state index in [-0.39, 0.29) is 50.9 Å². The fourth-order valence-corrected chi connectivity index (χ4v) is 7.61. The Morgan fingerprint density at radius 3 is 0.870 bits per heavy atom. The molecule has 7 aromatic carbocycles. The number of unbranched alkanes of at least 4 members (excludes halogenated alkanes) is 10. The maximum atomic E-state index is 12.1. The van der Waals surface area contributed by atoms with E-state index >= 15 is 0 Å². The summed E-state index contributed by atoms with van der Waals surface area (Å²) in [7, 11) is 0. The molecule has 6 nitrogen and oxygen atoms in total. The minimum absolute atomic E-state index is 0. The van der Waals surface area contributed by atoms with Crippen molar-refractivity contribution in [1.82, 2.24) is 0 Å². The number of thiol groups is 3. The van der Waals surface area contributed by atoms with E-state index in [4.69, 9.17) is 18.9 Å². The molecular weight excluding hydrogens is 1190 g/mol. The van der Waals surface area contributed by atoms with E-state index in [9.17, 15) is 9.59 Å². The SMILES string of the molecule is CCCCCCCOc1ccc(C(=O)OCCCCc2ccccc2)cc1.CCCCCCCOc1ccc(C(=O)OCCCCc2ccccc2)cc1.Sc1ccccc1.Sc1ccccc1.Sc1ccccc1.[Ru+3].[Ru+3]. The number of carbonyl (C=O) groups excluding carboxylic acids is 2. The third-order valence-corrected chi connectivity index (χ3v) is 12.2. The maximum absolute atomic E-state index is 12.1. The maximum Gasteiger partial charge on any atom is 3.00 e. The number of aryl methyl sites for hydroxylation is 2. The minimum Gasteiger partial charge on any atom is -0.494 e. The van der Waals surface area contributed by atoms with Crippen LogP contribution in [0.3, 0.4) is 0 Å². The Bertz CT molecular complexity index is 2210. The van der Waals surface area contributed by atoms with Gasteiger partial charge in [0.05, 0.1) is 37.6 Å². The Morgan fingerprint density at radius 1 is 0.325 bits per heavy atom. The molecule has 410 valence electrons. The molecule has 0 bridgehead atoms. The summed E-state index contributed by atoms with van der Waals surface area (Å²) in [6, 6.07) is 64.6. The number of esters is 2. The molecule has 0 heterocycles. The molecule has 0 unspecified atom stereocenters. The van der Waals surface area contributed by atoms with Crippen LogP contribution in [0.2, 0.25) is 0 Å². The van der Waals surface area contributed by atoms with Crippen molar-refractivity contribution in [2.24, 2.45) is 0 Å². The average Bonchev–Trinajstić information content (AvgIpc) is 3.45. The number of benzene rings is 7. The van der Waals surface area contributed by atoms with Gasteiger partial charge >= 0.3 is 50.9 Å². The first kappa shape index (κ1) is 70.4. The molecule has 11 heteroatoms. The monoisotopic (exact) mass is 1270 g/mol. The molecule has 2 radical (unpaired) electrons. The molecule has 0 aliphatic carbocycles. The fourth-order valence-electron chi connectivity index (χ4n) is 7.10. The van der Waals surface area contributed by atoms with Crippen LogP contribution < -0.4 is 9.47 Å². The predicted molar refractivity (Wildman–Crippen MR) is 322 cm³/mol. The van der Waals surface area contributed by atoms with Gasteiger partial charge in [-0.1, -0.05) is 180 Å². The summed E-state index contributed by atoms with van der Waals surface area (Å²) >= 11 is 12.3. The zero-order valence-electron chi connectivity index (χ0n) is 45.2. The predicted octanol–water partition coefficient (Wildman–Crippen LogP) is 18.4. The van der Waals surface area contributed by atoms with Gasteiger partial charge in [-0.25, -0.2) is 9.59 Å². The summed E-state index contributed by atoms with van der Waals surface area (Å²) < 4.78 is 22.2. The first-order chi connectivity index (χ1) is 36.8. The molecule has 7 rings (SSSR count). The summed E-state index contributed by atoms with van der Waals surface area (Å²) in [6.07, 6.45) is 18.0. The normalized spacial score (nSPS) is 9.78. The smallest absolute Gasteiger partial charge is 0.494 e. The Morgan fingerprint density at radius 2 is 0.597 bits per heavy atom. The van der Waals surface area contributed by atoms with E-state index in [0.717, 1.165) is 90.8 Å². The summed E-state index contributed by atoms with van der Waals surface area (Å²) in [5, 5.41) is 0. The van der Waals surface area contributed by atoms with Crippen molar-refractivity contribution in [3.05, 3.63) is 222 Å². The minimum atomic E-state index is -0.263. The summed E-state index contributed by atoms with van der Waals surface area (Å²) in [4.78, 5) is 27.2. The van der Waals surface area contributed by atoms with Gasteiger partial charge in [-0.2, -0.15) is 0 Å². The second-order valence-electron chi connectivity index (χ2n) is 17.7.